The summed E-state index contributed by atoms with van der Waals surface area (Å²) in [6.07, 6.45) is 1.58. The minimum atomic E-state index is -0.0845. The molecule has 0 bridgehead atoms. The quantitative estimate of drug-likeness (QED) is 0.767. The largest absolute Gasteiger partial charge is 0.379 e. The summed E-state index contributed by atoms with van der Waals surface area (Å²) < 4.78 is 5.45. The lowest BCUT2D eigenvalue weighted by Crippen LogP contribution is -2.43. The van der Waals surface area contributed by atoms with Crippen LogP contribution < -0.4 is 5.32 Å². The first-order valence-electron chi connectivity index (χ1n) is 10.7. The zero-order chi connectivity index (χ0) is 20.8. The normalized spacial score (nSPS) is 18.4. The van der Waals surface area contributed by atoms with Crippen molar-refractivity contribution < 1.29 is 14.3 Å². The van der Waals surface area contributed by atoms with E-state index in [0.717, 1.165) is 56.9 Å². The van der Waals surface area contributed by atoms with Crippen molar-refractivity contribution in [2.45, 2.75) is 25.4 Å². The van der Waals surface area contributed by atoms with E-state index in [0.29, 0.717) is 18.5 Å². The van der Waals surface area contributed by atoms with Crippen LogP contribution in [0.1, 0.15) is 40.4 Å². The van der Waals surface area contributed by atoms with Crippen LogP contribution in [0, 0.1) is 0 Å². The minimum Gasteiger partial charge on any atom is -0.379 e. The SMILES string of the molecule is O=C(N[C@@H](CN1CCOCC1)c1ccccc1)c1ccc(CN2CCCC2=O)cc1. The van der Waals surface area contributed by atoms with Crippen LogP contribution >= 0.6 is 0 Å². The zero-order valence-electron chi connectivity index (χ0n) is 17.3. The van der Waals surface area contributed by atoms with Crippen LogP contribution in [0.2, 0.25) is 0 Å². The molecule has 0 aromatic heterocycles. The molecule has 0 radical (unpaired) electrons. The van der Waals surface area contributed by atoms with Gasteiger partial charge in [0.25, 0.3) is 5.91 Å². The van der Waals surface area contributed by atoms with Gasteiger partial charge in [-0.3, -0.25) is 14.5 Å². The molecule has 2 fully saturated rings. The number of nitrogens with one attached hydrogen (secondary N) is 1. The Morgan fingerprint density at radius 2 is 1.73 bits per heavy atom. The molecule has 0 spiro atoms. The van der Waals surface area contributed by atoms with Gasteiger partial charge in [0.15, 0.2) is 0 Å². The Hall–Kier alpha value is -2.70. The van der Waals surface area contributed by atoms with E-state index in [1.54, 1.807) is 0 Å². The zero-order valence-corrected chi connectivity index (χ0v) is 17.3. The monoisotopic (exact) mass is 407 g/mol. The highest BCUT2D eigenvalue weighted by Gasteiger charge is 2.22. The summed E-state index contributed by atoms with van der Waals surface area (Å²) in [5, 5.41) is 3.21. The highest BCUT2D eigenvalue weighted by atomic mass is 16.5. The molecule has 4 rings (SSSR count). The van der Waals surface area contributed by atoms with Gasteiger partial charge in [-0.2, -0.15) is 0 Å². The van der Waals surface area contributed by atoms with Crippen LogP contribution in [0.5, 0.6) is 0 Å². The molecule has 2 aromatic rings. The number of benzene rings is 2. The molecule has 0 saturated carbocycles. The Bertz CT molecular complexity index is 848. The molecule has 6 nitrogen and oxygen atoms in total. The van der Waals surface area contributed by atoms with Crippen molar-refractivity contribution in [3.05, 3.63) is 71.3 Å². The molecular formula is C24H29N3O3. The van der Waals surface area contributed by atoms with Gasteiger partial charge in [0, 0.05) is 44.7 Å². The van der Waals surface area contributed by atoms with Gasteiger partial charge in [0.2, 0.25) is 5.91 Å². The average molecular weight is 408 g/mol. The van der Waals surface area contributed by atoms with Gasteiger partial charge in [-0.15, -0.1) is 0 Å². The number of carbonyl (C=O) groups is 2. The Morgan fingerprint density at radius 3 is 2.40 bits per heavy atom. The predicted molar refractivity (Wildman–Crippen MR) is 115 cm³/mol. The number of morpholine rings is 1. The van der Waals surface area contributed by atoms with Crippen molar-refractivity contribution in [3.8, 4) is 0 Å². The van der Waals surface area contributed by atoms with Crippen LogP contribution in [0.15, 0.2) is 54.6 Å². The summed E-state index contributed by atoms with van der Waals surface area (Å²) in [6.45, 7) is 5.42. The molecule has 2 aromatic carbocycles. The van der Waals surface area contributed by atoms with Crippen molar-refractivity contribution in [1.29, 1.82) is 0 Å². The minimum absolute atomic E-state index is 0.0825. The van der Waals surface area contributed by atoms with Crippen LogP contribution in [0.25, 0.3) is 0 Å². The van der Waals surface area contributed by atoms with Gasteiger partial charge in [0.05, 0.1) is 19.3 Å². The Morgan fingerprint density at radius 1 is 1.00 bits per heavy atom. The smallest absolute Gasteiger partial charge is 0.251 e. The second kappa shape index (κ2) is 9.87. The molecule has 158 valence electrons. The lowest BCUT2D eigenvalue weighted by Gasteiger charge is -2.31. The topological polar surface area (TPSA) is 61.9 Å². The molecule has 30 heavy (non-hydrogen) atoms. The number of rotatable bonds is 7. The molecule has 1 atom stereocenters. The van der Waals surface area contributed by atoms with Crippen molar-refractivity contribution >= 4 is 11.8 Å². The molecule has 6 heteroatoms. The molecule has 0 unspecified atom stereocenters. The number of hydrogen-bond acceptors (Lipinski definition) is 4. The number of ether oxygens (including phenoxy) is 1. The molecule has 2 heterocycles. The van der Waals surface area contributed by atoms with Gasteiger partial charge in [-0.1, -0.05) is 42.5 Å². The van der Waals surface area contributed by atoms with E-state index in [4.69, 9.17) is 4.74 Å². The summed E-state index contributed by atoms with van der Waals surface area (Å²) in [5.74, 6) is 0.131. The van der Waals surface area contributed by atoms with Crippen molar-refractivity contribution in [2.75, 3.05) is 39.4 Å². The van der Waals surface area contributed by atoms with E-state index in [-0.39, 0.29) is 17.9 Å². The number of amides is 2. The lowest BCUT2D eigenvalue weighted by atomic mass is 10.0. The third-order valence-corrected chi connectivity index (χ3v) is 5.81. The molecular weight excluding hydrogens is 378 g/mol. The van der Waals surface area contributed by atoms with Crippen LogP contribution in [-0.2, 0) is 16.1 Å². The van der Waals surface area contributed by atoms with E-state index >= 15 is 0 Å². The summed E-state index contributed by atoms with van der Waals surface area (Å²) in [6, 6.07) is 17.6. The van der Waals surface area contributed by atoms with E-state index < -0.39 is 0 Å². The molecule has 2 aliphatic heterocycles. The highest BCUT2D eigenvalue weighted by molar-refractivity contribution is 5.94. The maximum Gasteiger partial charge on any atom is 0.251 e. The Labute approximate surface area is 177 Å². The van der Waals surface area contributed by atoms with Gasteiger partial charge in [-0.25, -0.2) is 0 Å². The summed E-state index contributed by atoms with van der Waals surface area (Å²) in [7, 11) is 0. The van der Waals surface area contributed by atoms with Crippen LogP contribution in [-0.4, -0.2) is 61.0 Å². The average Bonchev–Trinajstić information content (AvgIpc) is 3.19. The summed E-state index contributed by atoms with van der Waals surface area (Å²) in [4.78, 5) is 29.0. The van der Waals surface area contributed by atoms with Crippen LogP contribution in [0.3, 0.4) is 0 Å². The predicted octanol–water partition coefficient (Wildman–Crippen LogP) is 2.61. The maximum atomic E-state index is 13.0. The van der Waals surface area contributed by atoms with Gasteiger partial charge >= 0.3 is 0 Å². The number of carbonyl (C=O) groups excluding carboxylic acids is 2. The number of nitrogens with zero attached hydrogens (tertiary/aromatic N) is 2. The third kappa shape index (κ3) is 5.26. The van der Waals surface area contributed by atoms with Crippen LogP contribution in [0.4, 0.5) is 0 Å². The molecule has 2 aliphatic rings. The lowest BCUT2D eigenvalue weighted by molar-refractivity contribution is -0.128. The number of hydrogen-bond donors (Lipinski definition) is 1. The van der Waals surface area contributed by atoms with Gasteiger partial charge in [0.1, 0.15) is 0 Å². The Balaban J connectivity index is 1.41. The molecule has 1 N–H and O–H groups in total. The number of likely N-dealkylation sites (tertiary alicyclic amines) is 1. The van der Waals surface area contributed by atoms with Crippen molar-refractivity contribution in [2.24, 2.45) is 0 Å². The van der Waals surface area contributed by atoms with E-state index in [2.05, 4.69) is 22.3 Å². The van der Waals surface area contributed by atoms with E-state index in [9.17, 15) is 9.59 Å². The second-order valence-electron chi connectivity index (χ2n) is 7.97. The maximum absolute atomic E-state index is 13.0. The first-order chi connectivity index (χ1) is 14.7. The van der Waals surface area contributed by atoms with E-state index in [1.165, 1.54) is 0 Å². The first kappa shape index (κ1) is 20.6. The van der Waals surface area contributed by atoms with E-state index in [1.807, 2.05) is 47.4 Å². The second-order valence-corrected chi connectivity index (χ2v) is 7.97. The Kier molecular flexibility index (Phi) is 6.77. The first-order valence-corrected chi connectivity index (χ1v) is 10.7. The molecule has 0 aliphatic carbocycles. The fourth-order valence-corrected chi connectivity index (χ4v) is 4.06. The van der Waals surface area contributed by atoms with Gasteiger partial charge in [-0.05, 0) is 29.7 Å². The van der Waals surface area contributed by atoms with Crippen molar-refractivity contribution in [1.82, 2.24) is 15.1 Å². The molecule has 2 saturated heterocycles. The van der Waals surface area contributed by atoms with Crippen molar-refractivity contribution in [3.63, 3.8) is 0 Å². The standard InChI is InChI=1S/C24H29N3O3/c28-23-7-4-12-27(23)17-19-8-10-21(11-9-19)24(29)25-22(20-5-2-1-3-6-20)18-26-13-15-30-16-14-26/h1-3,5-6,8-11,22H,4,7,12-18H2,(H,25,29)/t22-/m0/s1. The third-order valence-electron chi connectivity index (χ3n) is 5.81. The summed E-state index contributed by atoms with van der Waals surface area (Å²) in [5.41, 5.74) is 2.78. The fourth-order valence-electron chi connectivity index (χ4n) is 4.06. The van der Waals surface area contributed by atoms with Gasteiger partial charge < -0.3 is 15.0 Å². The fraction of sp³-hybridized carbons (Fsp3) is 0.417. The summed E-state index contributed by atoms with van der Waals surface area (Å²) >= 11 is 0. The highest BCUT2D eigenvalue weighted by Crippen LogP contribution is 2.18. The molecule has 2 amide bonds.